The van der Waals surface area contributed by atoms with E-state index < -0.39 is 29.5 Å². The number of hydrogen-bond donors (Lipinski definition) is 4. The van der Waals surface area contributed by atoms with Gasteiger partial charge in [-0.3, -0.25) is 24.0 Å². The number of alkyl halides is 3. The molecule has 4 aliphatic rings. The van der Waals surface area contributed by atoms with Crippen LogP contribution in [0.3, 0.4) is 0 Å². The second-order valence-electron chi connectivity index (χ2n) is 33.6. The van der Waals surface area contributed by atoms with Crippen LogP contribution in [0, 0.1) is 23.3 Å². The molecule has 4 saturated carbocycles. The van der Waals surface area contributed by atoms with Gasteiger partial charge in [-0.2, -0.15) is 13.2 Å². The van der Waals surface area contributed by atoms with Gasteiger partial charge in [0.15, 0.2) is 63.4 Å². The summed E-state index contributed by atoms with van der Waals surface area (Å²) in [5.41, 5.74) is 9.70. The molecule has 8 aromatic heterocycles. The van der Waals surface area contributed by atoms with Gasteiger partial charge in [0.25, 0.3) is 23.6 Å². The summed E-state index contributed by atoms with van der Waals surface area (Å²) in [5.74, 6) is 0.800. The Kier molecular flexibility index (Phi) is 28.4. The third-order valence-corrected chi connectivity index (χ3v) is 24.8. The molecule has 700 valence electrons. The molecule has 0 unspecified atom stereocenters. The highest BCUT2D eigenvalue weighted by atomic mass is 19.4. The second kappa shape index (κ2) is 41.8. The first-order valence-corrected chi connectivity index (χ1v) is 45.1. The van der Waals surface area contributed by atoms with Crippen molar-refractivity contribution >= 4 is 52.2 Å². The van der Waals surface area contributed by atoms with Gasteiger partial charge in [0.05, 0.1) is 80.7 Å². The first kappa shape index (κ1) is 93.0. The summed E-state index contributed by atoms with van der Waals surface area (Å²) in [6.45, 7) is 1.49. The molecule has 0 radical (unpaired) electrons. The van der Waals surface area contributed by atoms with Crippen LogP contribution in [-0.2, 0) is 6.18 Å². The van der Waals surface area contributed by atoms with Crippen LogP contribution in [0.25, 0.3) is 90.8 Å². The first-order valence-electron chi connectivity index (χ1n) is 45.1. The normalized spacial score (nSPS) is 13.9. The Labute approximate surface area is 782 Å². The van der Waals surface area contributed by atoms with E-state index >= 15 is 0 Å². The minimum absolute atomic E-state index is 0.0376. The largest absolute Gasteiger partial charge is 0.497 e. The zero-order chi connectivity index (χ0) is 95.4. The summed E-state index contributed by atoms with van der Waals surface area (Å²) in [5, 5.41) is 10.8. The van der Waals surface area contributed by atoms with Gasteiger partial charge in [-0.25, -0.2) is 37.5 Å². The summed E-state index contributed by atoms with van der Waals surface area (Å²) in [6, 6.07) is 62.7. The van der Waals surface area contributed by atoms with E-state index in [4.69, 9.17) is 31.9 Å². The van der Waals surface area contributed by atoms with Crippen LogP contribution >= 0.6 is 0 Å². The molecule has 8 aromatic carbocycles. The Hall–Kier alpha value is -15.8. The highest BCUT2D eigenvalue weighted by Gasteiger charge is 2.36. The number of Topliss-reactive ketones (excluding diaryl/α,β-unsaturated/α-hetero) is 1. The molecule has 16 aromatic rings. The Bertz CT molecular complexity index is 6940. The number of nitrogens with one attached hydrogen (secondary N) is 4. The molecule has 0 saturated heterocycles. The van der Waals surface area contributed by atoms with Crippen molar-refractivity contribution in [2.45, 2.75) is 140 Å². The number of nitrogens with zero attached hydrogens (tertiary/aromatic N) is 8. The maximum Gasteiger partial charge on any atom is 0.418 e. The number of furan rings is 4. The molecule has 4 aliphatic carbocycles. The van der Waals surface area contributed by atoms with Crippen molar-refractivity contribution in [3.8, 4) is 108 Å². The molecular weight excluding hydrogens is 1770 g/mol. The number of halogens is 7. The summed E-state index contributed by atoms with van der Waals surface area (Å²) in [4.78, 5) is 81.3. The minimum Gasteiger partial charge on any atom is -0.497 e. The number of carbonyl (C=O) groups is 5. The number of amides is 4. The fourth-order valence-electron chi connectivity index (χ4n) is 17.9. The van der Waals surface area contributed by atoms with Gasteiger partial charge >= 0.3 is 6.18 Å². The summed E-state index contributed by atoms with van der Waals surface area (Å²) in [6.07, 6.45) is 19.9. The van der Waals surface area contributed by atoms with Gasteiger partial charge in [-0.05, 0) is 265 Å². The predicted molar refractivity (Wildman–Crippen MR) is 504 cm³/mol. The standard InChI is InChI=1S/C27H26FN3O4.C27H24FN3O3.C26H21F4N3O2.C26H24FN3O3/c1-33-21-12-11-19(15-24(21)34-2)30-27(32)23-14-13-22(35-23)26-25(17-7-9-18(28)10-8-17)29-16-31(26)20-5-3-4-6-20;1-17(32)18-8-12-21(13-9-18)30-27(33)24-15-14-23(34-24)26-25(19-6-10-20(28)11-7-19)29-16-31(26)22-4-2-3-5-22;27-17-11-9-16(10-12-17)23-24(33(15-31-23)18-5-1-2-6-18)21-13-14-22(35-21)25(34)32-20-8-4-3-7-19(20)26(28,29)30;1-32-21-8-4-5-19(15-21)29-26(31)23-14-13-22(33-23)25-24(17-9-11-18(27)12-10-17)28-16-30(25)20-6-2-3-7-20/h7-16,20H,3-6H2,1-2H3,(H,30,32);6-16,22H,2-5H2,1H3,(H,30,33);3-4,7-15,18H,1-2,5-6H2,(H,32,34);4-5,8-16,20H,2-3,6-7H2,1H3,(H,29,31). The molecule has 31 heteroatoms. The molecular formula is C106H95F7N12O12. The Balaban J connectivity index is 0.000000127. The monoisotopic (exact) mass is 1860 g/mol. The fraction of sp³-hybridized carbons (Fsp3) is 0.236. The molecule has 0 atom stereocenters. The molecule has 4 N–H and O–H groups in total. The van der Waals surface area contributed by atoms with Gasteiger partial charge in [0, 0.05) is 81.2 Å². The molecule has 0 spiro atoms. The van der Waals surface area contributed by atoms with Crippen LogP contribution in [0.1, 0.15) is 192 Å². The maximum atomic E-state index is 13.5. The van der Waals surface area contributed by atoms with Crippen molar-refractivity contribution in [1.82, 2.24) is 38.2 Å². The van der Waals surface area contributed by atoms with E-state index in [1.807, 2.05) is 29.6 Å². The van der Waals surface area contributed by atoms with Gasteiger partial charge in [0.1, 0.15) is 51.8 Å². The lowest BCUT2D eigenvalue weighted by atomic mass is 10.1. The summed E-state index contributed by atoms with van der Waals surface area (Å²) in [7, 11) is 4.66. The molecule has 0 aliphatic heterocycles. The number of para-hydroxylation sites is 1. The lowest BCUT2D eigenvalue weighted by Crippen LogP contribution is -2.16. The van der Waals surface area contributed by atoms with Crippen LogP contribution in [0.2, 0.25) is 0 Å². The average molecular weight is 1860 g/mol. The van der Waals surface area contributed by atoms with Crippen molar-refractivity contribution in [2.75, 3.05) is 42.6 Å². The summed E-state index contributed by atoms with van der Waals surface area (Å²) < 4.78 is 142. The molecule has 4 fully saturated rings. The van der Waals surface area contributed by atoms with E-state index in [9.17, 15) is 54.7 Å². The quantitative estimate of drug-likeness (QED) is 0.0323. The second-order valence-corrected chi connectivity index (χ2v) is 33.6. The van der Waals surface area contributed by atoms with Crippen LogP contribution in [0.5, 0.6) is 17.2 Å². The predicted octanol–water partition coefficient (Wildman–Crippen LogP) is 26.5. The lowest BCUT2D eigenvalue weighted by molar-refractivity contribution is -0.136. The number of rotatable bonds is 24. The van der Waals surface area contributed by atoms with Crippen molar-refractivity contribution < 1.29 is 86.6 Å². The Morgan fingerprint density at radius 2 is 0.650 bits per heavy atom. The number of benzene rings is 8. The smallest absolute Gasteiger partial charge is 0.418 e. The minimum atomic E-state index is -4.62. The van der Waals surface area contributed by atoms with Crippen molar-refractivity contribution in [2.24, 2.45) is 0 Å². The van der Waals surface area contributed by atoms with Crippen LogP contribution < -0.4 is 35.5 Å². The first-order chi connectivity index (χ1) is 66.5. The third-order valence-electron chi connectivity index (χ3n) is 24.8. The number of ketones is 1. The van der Waals surface area contributed by atoms with Crippen molar-refractivity contribution in [3.05, 3.63) is 319 Å². The van der Waals surface area contributed by atoms with Crippen LogP contribution in [0.4, 0.5) is 53.5 Å². The number of aromatic nitrogens is 8. The van der Waals surface area contributed by atoms with E-state index in [0.717, 1.165) is 130 Å². The maximum absolute atomic E-state index is 13.5. The average Bonchev–Trinajstić information content (AvgIpc) is 1.64. The Morgan fingerprint density at radius 3 is 0.971 bits per heavy atom. The van der Waals surface area contributed by atoms with Crippen molar-refractivity contribution in [1.29, 1.82) is 0 Å². The molecule has 4 amide bonds. The molecule has 8 heterocycles. The number of carbonyl (C=O) groups excluding carboxylic acids is 5. The lowest BCUT2D eigenvalue weighted by Gasteiger charge is -2.15. The molecule has 24 nitrogen and oxygen atoms in total. The number of imidazole rings is 4. The zero-order valence-corrected chi connectivity index (χ0v) is 75.1. The van der Waals surface area contributed by atoms with Gasteiger partial charge in [-0.1, -0.05) is 69.6 Å². The molecule has 20 rings (SSSR count). The number of methoxy groups -OCH3 is 3. The zero-order valence-electron chi connectivity index (χ0n) is 75.1. The van der Waals surface area contributed by atoms with E-state index in [1.54, 1.807) is 172 Å². The van der Waals surface area contributed by atoms with E-state index in [-0.39, 0.29) is 69.7 Å². The van der Waals surface area contributed by atoms with Gasteiger partial charge in [-0.15, -0.1) is 0 Å². The SMILES string of the molecule is CC(=O)c1ccc(NC(=O)c2ccc(-c3c(-c4ccc(F)cc4)ncn3C3CCCC3)o2)cc1.COc1ccc(NC(=O)c2ccc(-c3c(-c4ccc(F)cc4)ncn3C3CCCC3)o2)cc1OC.COc1cccc(NC(=O)c2ccc(-c3c(-c4ccc(F)cc4)ncn3C3CCCC3)o2)c1.O=C(Nc1ccccc1C(F)(F)F)c1ccc(-c2c(-c3ccc(F)cc3)ncn2C2CCCC2)o1. The highest BCUT2D eigenvalue weighted by molar-refractivity contribution is 6.06. The van der Waals surface area contributed by atoms with E-state index in [2.05, 4.69) is 54.9 Å². The molecule has 0 bridgehead atoms. The number of anilines is 4. The van der Waals surface area contributed by atoms with Crippen LogP contribution in [0.15, 0.2) is 280 Å². The van der Waals surface area contributed by atoms with E-state index in [1.165, 1.54) is 99.7 Å². The topological polar surface area (TPSA) is 285 Å². The number of hydrogen-bond acceptors (Lipinski definition) is 16. The van der Waals surface area contributed by atoms with Crippen LogP contribution in [-0.4, -0.2) is 88.9 Å². The van der Waals surface area contributed by atoms with Gasteiger partial charge < -0.3 is 71.4 Å². The van der Waals surface area contributed by atoms with E-state index in [0.29, 0.717) is 115 Å². The Morgan fingerprint density at radius 1 is 0.336 bits per heavy atom. The number of ether oxygens (including phenoxy) is 3. The highest BCUT2D eigenvalue weighted by Crippen LogP contribution is 2.46. The van der Waals surface area contributed by atoms with Gasteiger partial charge in [0.2, 0.25) is 0 Å². The molecule has 137 heavy (non-hydrogen) atoms. The van der Waals surface area contributed by atoms with Crippen molar-refractivity contribution in [3.63, 3.8) is 0 Å². The fourth-order valence-corrected chi connectivity index (χ4v) is 17.9. The summed E-state index contributed by atoms with van der Waals surface area (Å²) >= 11 is 0. The third kappa shape index (κ3) is 21.4.